The van der Waals surface area contributed by atoms with Crippen LogP contribution in [-0.4, -0.2) is 41.5 Å². The first-order valence-electron chi connectivity index (χ1n) is 7.82. The summed E-state index contributed by atoms with van der Waals surface area (Å²) in [6.07, 6.45) is -0.240. The van der Waals surface area contributed by atoms with Crippen molar-refractivity contribution in [2.24, 2.45) is 0 Å². The van der Waals surface area contributed by atoms with Crippen molar-refractivity contribution in [3.05, 3.63) is 34.9 Å². The van der Waals surface area contributed by atoms with Gasteiger partial charge in [0.2, 0.25) is 0 Å². The number of hydrogen-bond acceptors (Lipinski definition) is 5. The molecule has 0 unspecified atom stereocenters. The van der Waals surface area contributed by atoms with Gasteiger partial charge in [0.25, 0.3) is 0 Å². The van der Waals surface area contributed by atoms with E-state index in [0.717, 1.165) is 11.1 Å². The first kappa shape index (κ1) is 18.0. The van der Waals surface area contributed by atoms with Gasteiger partial charge in [-0.15, -0.1) is 0 Å². The molecule has 0 N–H and O–H groups in total. The monoisotopic (exact) mass is 333 g/mol. The second kappa shape index (κ2) is 6.63. The van der Waals surface area contributed by atoms with E-state index in [4.69, 9.17) is 9.47 Å². The number of nitrogens with zero attached hydrogens (tertiary/aromatic N) is 1. The van der Waals surface area contributed by atoms with Gasteiger partial charge in [-0.2, -0.15) is 0 Å². The molecule has 1 aromatic rings. The Bertz CT molecular complexity index is 674. The van der Waals surface area contributed by atoms with Gasteiger partial charge in [0.15, 0.2) is 5.78 Å². The average Bonchev–Trinajstić information content (AvgIpc) is 2.50. The molecule has 0 bridgehead atoms. The summed E-state index contributed by atoms with van der Waals surface area (Å²) in [5, 5.41) is 0. The minimum absolute atomic E-state index is 0.0447. The number of methoxy groups -OCH3 is 1. The Hall–Kier alpha value is -2.37. The molecule has 2 rings (SSSR count). The fraction of sp³-hybridized carbons (Fsp3) is 0.500. The number of amides is 1. The first-order valence-corrected chi connectivity index (χ1v) is 7.82. The molecule has 6 heteroatoms. The molecular weight excluding hydrogens is 310 g/mol. The Balaban J connectivity index is 2.37. The first-order chi connectivity index (χ1) is 11.1. The molecule has 24 heavy (non-hydrogen) atoms. The fourth-order valence-corrected chi connectivity index (χ4v) is 2.66. The van der Waals surface area contributed by atoms with E-state index in [0.29, 0.717) is 12.0 Å². The third-order valence-corrected chi connectivity index (χ3v) is 3.84. The van der Waals surface area contributed by atoms with Crippen LogP contribution in [0.15, 0.2) is 18.2 Å². The molecule has 0 saturated carbocycles. The van der Waals surface area contributed by atoms with Gasteiger partial charge in [-0.05, 0) is 44.9 Å². The molecular formula is C18H23NO5. The van der Waals surface area contributed by atoms with E-state index in [1.807, 2.05) is 6.07 Å². The SMILES string of the molecule is COC(=O)[C@H]1Cc2ccc(C(C)=O)cc2CN1C(=O)OC(C)(C)C. The molecule has 1 amide bonds. The van der Waals surface area contributed by atoms with Gasteiger partial charge in [0.1, 0.15) is 11.6 Å². The van der Waals surface area contributed by atoms with Crippen molar-refractivity contribution in [2.45, 2.75) is 52.3 Å². The van der Waals surface area contributed by atoms with Crippen LogP contribution in [0.5, 0.6) is 0 Å². The van der Waals surface area contributed by atoms with Crippen molar-refractivity contribution in [1.82, 2.24) is 4.90 Å². The normalized spacial score (nSPS) is 17.0. The molecule has 0 fully saturated rings. The Morgan fingerprint density at radius 1 is 1.17 bits per heavy atom. The summed E-state index contributed by atoms with van der Waals surface area (Å²) < 4.78 is 10.2. The van der Waals surface area contributed by atoms with Gasteiger partial charge in [-0.25, -0.2) is 9.59 Å². The van der Waals surface area contributed by atoms with Crippen molar-refractivity contribution in [3.63, 3.8) is 0 Å². The van der Waals surface area contributed by atoms with Gasteiger partial charge in [-0.3, -0.25) is 9.69 Å². The summed E-state index contributed by atoms with van der Waals surface area (Å²) in [5.74, 6) is -0.529. The van der Waals surface area contributed by atoms with Crippen molar-refractivity contribution < 1.29 is 23.9 Å². The fourth-order valence-electron chi connectivity index (χ4n) is 2.66. The van der Waals surface area contributed by atoms with Crippen LogP contribution in [-0.2, 0) is 27.2 Å². The van der Waals surface area contributed by atoms with Gasteiger partial charge in [-0.1, -0.05) is 12.1 Å². The highest BCUT2D eigenvalue weighted by Gasteiger charge is 2.37. The predicted octanol–water partition coefficient (Wildman–Crippen LogP) is 2.72. The van der Waals surface area contributed by atoms with Crippen LogP contribution in [0.1, 0.15) is 49.2 Å². The van der Waals surface area contributed by atoms with Crippen molar-refractivity contribution in [1.29, 1.82) is 0 Å². The largest absolute Gasteiger partial charge is 0.467 e. The van der Waals surface area contributed by atoms with Crippen LogP contribution in [0.3, 0.4) is 0 Å². The van der Waals surface area contributed by atoms with E-state index in [2.05, 4.69) is 0 Å². The topological polar surface area (TPSA) is 72.9 Å². The van der Waals surface area contributed by atoms with E-state index in [1.54, 1.807) is 32.9 Å². The summed E-state index contributed by atoms with van der Waals surface area (Å²) in [4.78, 5) is 37.5. The number of esters is 1. The van der Waals surface area contributed by atoms with Crippen LogP contribution in [0.25, 0.3) is 0 Å². The Morgan fingerprint density at radius 3 is 2.38 bits per heavy atom. The molecule has 1 atom stereocenters. The highest BCUT2D eigenvalue weighted by molar-refractivity contribution is 5.94. The maximum Gasteiger partial charge on any atom is 0.411 e. The van der Waals surface area contributed by atoms with Crippen LogP contribution in [0.4, 0.5) is 4.79 Å². The Labute approximate surface area is 141 Å². The number of Topliss-reactive ketones (excluding diaryl/α,β-unsaturated/α-hetero) is 1. The minimum atomic E-state index is -0.736. The van der Waals surface area contributed by atoms with E-state index in [-0.39, 0.29) is 12.3 Å². The second-order valence-corrected chi connectivity index (χ2v) is 6.89. The number of ether oxygens (including phenoxy) is 2. The van der Waals surface area contributed by atoms with Crippen molar-refractivity contribution in [2.75, 3.05) is 7.11 Å². The van der Waals surface area contributed by atoms with Crippen molar-refractivity contribution >= 4 is 17.8 Å². The van der Waals surface area contributed by atoms with E-state index < -0.39 is 23.7 Å². The van der Waals surface area contributed by atoms with Gasteiger partial charge < -0.3 is 9.47 Å². The molecule has 1 aromatic carbocycles. The van der Waals surface area contributed by atoms with Crippen LogP contribution < -0.4 is 0 Å². The lowest BCUT2D eigenvalue weighted by molar-refractivity contribution is -0.147. The van der Waals surface area contributed by atoms with Gasteiger partial charge in [0.05, 0.1) is 13.7 Å². The molecule has 1 heterocycles. The maximum absolute atomic E-state index is 12.5. The standard InChI is InChI=1S/C18H23NO5/c1-11(20)12-6-7-13-9-15(16(21)23-5)19(10-14(13)8-12)17(22)24-18(2,3)4/h6-8,15H,9-10H2,1-5H3/t15-/m1/s1. The van der Waals surface area contributed by atoms with Crippen LogP contribution in [0, 0.1) is 0 Å². The van der Waals surface area contributed by atoms with E-state index >= 15 is 0 Å². The highest BCUT2D eigenvalue weighted by atomic mass is 16.6. The number of benzene rings is 1. The summed E-state index contributed by atoms with van der Waals surface area (Å²) in [7, 11) is 1.30. The molecule has 0 aliphatic carbocycles. The molecule has 1 aliphatic rings. The summed E-state index contributed by atoms with van der Waals surface area (Å²) in [6, 6.07) is 4.59. The number of hydrogen-bond donors (Lipinski definition) is 0. The molecule has 1 aliphatic heterocycles. The predicted molar refractivity (Wildman–Crippen MR) is 87.7 cm³/mol. The molecule has 130 valence electrons. The second-order valence-electron chi connectivity index (χ2n) is 6.89. The van der Waals surface area contributed by atoms with Crippen LogP contribution >= 0.6 is 0 Å². The Kier molecular flexibility index (Phi) is 4.96. The highest BCUT2D eigenvalue weighted by Crippen LogP contribution is 2.27. The summed E-state index contributed by atoms with van der Waals surface area (Å²) in [6.45, 7) is 7.00. The third kappa shape index (κ3) is 3.93. The number of ketones is 1. The summed E-state index contributed by atoms with van der Waals surface area (Å²) in [5.41, 5.74) is 1.68. The molecule has 6 nitrogen and oxygen atoms in total. The lowest BCUT2D eigenvalue weighted by Gasteiger charge is -2.36. The zero-order valence-corrected chi connectivity index (χ0v) is 14.7. The van der Waals surface area contributed by atoms with Crippen LogP contribution in [0.2, 0.25) is 0 Å². The zero-order valence-electron chi connectivity index (χ0n) is 14.7. The lowest BCUT2D eigenvalue weighted by Crippen LogP contribution is -2.50. The average molecular weight is 333 g/mol. The lowest BCUT2D eigenvalue weighted by atomic mass is 9.92. The number of fused-ring (bicyclic) bond motifs is 1. The van der Waals surface area contributed by atoms with Crippen molar-refractivity contribution in [3.8, 4) is 0 Å². The molecule has 0 aromatic heterocycles. The number of carbonyl (C=O) groups excluding carboxylic acids is 3. The maximum atomic E-state index is 12.5. The quantitative estimate of drug-likeness (QED) is 0.614. The zero-order chi connectivity index (χ0) is 18.1. The molecule has 0 saturated heterocycles. The third-order valence-electron chi connectivity index (χ3n) is 3.84. The number of rotatable bonds is 2. The van der Waals surface area contributed by atoms with Gasteiger partial charge in [0, 0.05) is 12.0 Å². The smallest absolute Gasteiger partial charge is 0.411 e. The number of carbonyl (C=O) groups is 3. The van der Waals surface area contributed by atoms with E-state index in [1.165, 1.54) is 18.9 Å². The van der Waals surface area contributed by atoms with E-state index in [9.17, 15) is 14.4 Å². The summed E-state index contributed by atoms with van der Waals surface area (Å²) >= 11 is 0. The molecule has 0 spiro atoms. The Morgan fingerprint density at radius 2 is 1.83 bits per heavy atom. The molecule has 0 radical (unpaired) electrons. The minimum Gasteiger partial charge on any atom is -0.467 e. The van der Waals surface area contributed by atoms with Gasteiger partial charge >= 0.3 is 12.1 Å².